The van der Waals surface area contributed by atoms with Crippen molar-refractivity contribution < 1.29 is 19.1 Å². The Kier molecular flexibility index (Phi) is 6.49. The van der Waals surface area contributed by atoms with Gasteiger partial charge in [-0.25, -0.2) is 4.79 Å². The first kappa shape index (κ1) is 14.8. The molecular weight excluding hydrogens is 236 g/mol. The van der Waals surface area contributed by atoms with Crippen LogP contribution in [-0.4, -0.2) is 56.9 Å². The normalized spacial score (nSPS) is 19.1. The van der Waals surface area contributed by atoms with Crippen LogP contribution < -0.4 is 5.32 Å². The maximum Gasteiger partial charge on any atom is 0.325 e. The Labute approximate surface area is 108 Å². The van der Waals surface area contributed by atoms with Gasteiger partial charge < -0.3 is 19.7 Å². The minimum Gasteiger partial charge on any atom is -0.465 e. The summed E-state index contributed by atoms with van der Waals surface area (Å²) in [5, 5.41) is 2.53. The number of rotatable bonds is 5. The maximum absolute atomic E-state index is 11.7. The number of urea groups is 1. The summed E-state index contributed by atoms with van der Waals surface area (Å²) in [7, 11) is 1.72. The van der Waals surface area contributed by atoms with Crippen LogP contribution in [0.4, 0.5) is 4.79 Å². The fraction of sp³-hybridized carbons (Fsp3) is 0.833. The molecule has 104 valence electrons. The molecule has 0 aliphatic carbocycles. The van der Waals surface area contributed by atoms with E-state index in [9.17, 15) is 9.59 Å². The van der Waals surface area contributed by atoms with Crippen molar-refractivity contribution in [2.24, 2.45) is 5.92 Å². The first-order valence-electron chi connectivity index (χ1n) is 6.35. The predicted octanol–water partition coefficient (Wildman–Crippen LogP) is 0.617. The molecule has 18 heavy (non-hydrogen) atoms. The Morgan fingerprint density at radius 1 is 1.50 bits per heavy atom. The van der Waals surface area contributed by atoms with Crippen molar-refractivity contribution >= 4 is 12.0 Å². The summed E-state index contributed by atoms with van der Waals surface area (Å²) in [5.41, 5.74) is 0. The molecule has 0 aromatic rings. The van der Waals surface area contributed by atoms with Crippen LogP contribution in [0.5, 0.6) is 0 Å². The van der Waals surface area contributed by atoms with E-state index in [0.29, 0.717) is 25.7 Å². The summed E-state index contributed by atoms with van der Waals surface area (Å²) in [6.45, 7) is 4.14. The first-order valence-corrected chi connectivity index (χ1v) is 6.35. The molecule has 0 saturated carbocycles. The number of carbonyl (C=O) groups excluding carboxylic acids is 2. The lowest BCUT2D eigenvalue weighted by Crippen LogP contribution is -2.43. The van der Waals surface area contributed by atoms with Crippen LogP contribution in [0.2, 0.25) is 0 Å². The maximum atomic E-state index is 11.7. The lowest BCUT2D eigenvalue weighted by Gasteiger charge is -2.27. The van der Waals surface area contributed by atoms with Crippen LogP contribution in [0.1, 0.15) is 19.8 Å². The van der Waals surface area contributed by atoms with Gasteiger partial charge in [0.2, 0.25) is 0 Å². The van der Waals surface area contributed by atoms with E-state index in [-0.39, 0.29) is 12.6 Å². The van der Waals surface area contributed by atoms with Gasteiger partial charge in [0.25, 0.3) is 0 Å². The minimum absolute atomic E-state index is 0.0851. The van der Waals surface area contributed by atoms with E-state index in [2.05, 4.69) is 5.32 Å². The van der Waals surface area contributed by atoms with Gasteiger partial charge in [0, 0.05) is 26.1 Å². The van der Waals surface area contributed by atoms with Crippen molar-refractivity contribution in [1.29, 1.82) is 0 Å². The molecule has 1 N–H and O–H groups in total. The third kappa shape index (κ3) is 5.35. The second-order valence-electron chi connectivity index (χ2n) is 4.43. The van der Waals surface area contributed by atoms with Crippen LogP contribution >= 0.6 is 0 Å². The third-order valence-corrected chi connectivity index (χ3v) is 2.82. The fourth-order valence-corrected chi connectivity index (χ4v) is 1.92. The van der Waals surface area contributed by atoms with E-state index in [1.807, 2.05) is 0 Å². The quantitative estimate of drug-likeness (QED) is 0.734. The van der Waals surface area contributed by atoms with Gasteiger partial charge in [-0.3, -0.25) is 4.79 Å². The van der Waals surface area contributed by atoms with Crippen LogP contribution in [0, 0.1) is 5.92 Å². The summed E-state index contributed by atoms with van der Waals surface area (Å²) in [6, 6.07) is -0.256. The molecule has 1 rings (SSSR count). The smallest absolute Gasteiger partial charge is 0.325 e. The minimum atomic E-state index is -0.416. The van der Waals surface area contributed by atoms with Crippen molar-refractivity contribution in [2.75, 3.05) is 40.0 Å². The first-order chi connectivity index (χ1) is 8.63. The van der Waals surface area contributed by atoms with Crippen molar-refractivity contribution in [3.63, 3.8) is 0 Å². The van der Waals surface area contributed by atoms with Crippen molar-refractivity contribution in [3.8, 4) is 0 Å². The SMILES string of the molecule is CCOC(=O)CNC(=O)N(C)CC1CCCOC1. The highest BCUT2D eigenvalue weighted by molar-refractivity contribution is 5.80. The molecule has 1 unspecified atom stereocenters. The number of nitrogens with zero attached hydrogens (tertiary/aromatic N) is 1. The highest BCUT2D eigenvalue weighted by atomic mass is 16.5. The van der Waals surface area contributed by atoms with E-state index < -0.39 is 5.97 Å². The summed E-state index contributed by atoms with van der Waals surface area (Å²) in [6.07, 6.45) is 2.12. The summed E-state index contributed by atoms with van der Waals surface area (Å²) in [5.74, 6) is -0.0302. The van der Waals surface area contributed by atoms with Gasteiger partial charge in [-0.05, 0) is 19.8 Å². The van der Waals surface area contributed by atoms with Crippen LogP contribution in [0.25, 0.3) is 0 Å². The summed E-state index contributed by atoms with van der Waals surface area (Å²) < 4.78 is 10.1. The molecule has 6 nitrogen and oxygen atoms in total. The molecule has 2 amide bonds. The van der Waals surface area contributed by atoms with Gasteiger partial charge in [-0.1, -0.05) is 0 Å². The van der Waals surface area contributed by atoms with Gasteiger partial charge >= 0.3 is 12.0 Å². The molecule has 1 aliphatic rings. The number of nitrogens with one attached hydrogen (secondary N) is 1. The lowest BCUT2D eigenvalue weighted by molar-refractivity contribution is -0.141. The van der Waals surface area contributed by atoms with Gasteiger partial charge in [0.15, 0.2) is 0 Å². The molecule has 1 atom stereocenters. The summed E-state index contributed by atoms with van der Waals surface area (Å²) in [4.78, 5) is 24.4. The average Bonchev–Trinajstić information content (AvgIpc) is 2.37. The molecular formula is C12H22N2O4. The van der Waals surface area contributed by atoms with E-state index in [1.165, 1.54) is 0 Å². The molecule has 0 bridgehead atoms. The van der Waals surface area contributed by atoms with Gasteiger partial charge in [-0.15, -0.1) is 0 Å². The average molecular weight is 258 g/mol. The standard InChI is InChI=1S/C12H22N2O4/c1-3-18-11(15)7-13-12(16)14(2)8-10-5-4-6-17-9-10/h10H,3-9H2,1-2H3,(H,13,16). The van der Waals surface area contributed by atoms with Gasteiger partial charge in [0.05, 0.1) is 13.2 Å². The Balaban J connectivity index is 2.21. The number of carbonyl (C=O) groups is 2. The molecule has 1 saturated heterocycles. The molecule has 1 fully saturated rings. The van der Waals surface area contributed by atoms with Crippen molar-refractivity contribution in [3.05, 3.63) is 0 Å². The lowest BCUT2D eigenvalue weighted by atomic mass is 10.0. The van der Waals surface area contributed by atoms with E-state index in [0.717, 1.165) is 19.4 Å². The van der Waals surface area contributed by atoms with E-state index in [4.69, 9.17) is 9.47 Å². The van der Waals surface area contributed by atoms with Crippen LogP contribution in [-0.2, 0) is 14.3 Å². The number of ether oxygens (including phenoxy) is 2. The van der Waals surface area contributed by atoms with Gasteiger partial charge in [0.1, 0.15) is 6.54 Å². The van der Waals surface area contributed by atoms with E-state index >= 15 is 0 Å². The second-order valence-corrected chi connectivity index (χ2v) is 4.43. The number of esters is 1. The monoisotopic (exact) mass is 258 g/mol. The fourth-order valence-electron chi connectivity index (χ4n) is 1.92. The molecule has 0 aromatic carbocycles. The molecule has 0 spiro atoms. The Bertz CT molecular complexity index is 277. The molecule has 0 aromatic heterocycles. The largest absolute Gasteiger partial charge is 0.465 e. The number of hydrogen-bond donors (Lipinski definition) is 1. The van der Waals surface area contributed by atoms with Crippen LogP contribution in [0.3, 0.4) is 0 Å². The number of hydrogen-bond acceptors (Lipinski definition) is 4. The predicted molar refractivity (Wildman–Crippen MR) is 66.2 cm³/mol. The zero-order chi connectivity index (χ0) is 13.4. The second kappa shape index (κ2) is 7.92. The number of amides is 2. The Hall–Kier alpha value is -1.30. The third-order valence-electron chi connectivity index (χ3n) is 2.82. The van der Waals surface area contributed by atoms with Crippen molar-refractivity contribution in [1.82, 2.24) is 10.2 Å². The molecule has 1 aliphatic heterocycles. The van der Waals surface area contributed by atoms with E-state index in [1.54, 1.807) is 18.9 Å². The Morgan fingerprint density at radius 2 is 2.28 bits per heavy atom. The van der Waals surface area contributed by atoms with Crippen molar-refractivity contribution in [2.45, 2.75) is 19.8 Å². The topological polar surface area (TPSA) is 67.9 Å². The molecule has 0 radical (unpaired) electrons. The van der Waals surface area contributed by atoms with Crippen LogP contribution in [0.15, 0.2) is 0 Å². The summed E-state index contributed by atoms with van der Waals surface area (Å²) >= 11 is 0. The highest BCUT2D eigenvalue weighted by Gasteiger charge is 2.18. The molecule has 6 heteroatoms. The highest BCUT2D eigenvalue weighted by Crippen LogP contribution is 2.14. The Morgan fingerprint density at radius 3 is 2.89 bits per heavy atom. The molecule has 1 heterocycles. The zero-order valence-corrected chi connectivity index (χ0v) is 11.1. The van der Waals surface area contributed by atoms with Gasteiger partial charge in [-0.2, -0.15) is 0 Å². The zero-order valence-electron chi connectivity index (χ0n) is 11.1.